The van der Waals surface area contributed by atoms with Gasteiger partial charge in [-0.2, -0.15) is 4.98 Å². The van der Waals surface area contributed by atoms with Crippen molar-refractivity contribution in [1.82, 2.24) is 9.97 Å². The number of ketones is 1. The SMILES string of the molecule is CC(C(=O)CC1CC1)c1ccc(O[C@@H]2CCN(c3nc(N(C)C)ncc3F)C2)cc1. The molecule has 2 atom stereocenters. The van der Waals surface area contributed by atoms with Crippen molar-refractivity contribution >= 4 is 17.5 Å². The minimum Gasteiger partial charge on any atom is -0.489 e. The highest BCUT2D eigenvalue weighted by atomic mass is 19.1. The van der Waals surface area contributed by atoms with Crippen LogP contribution in [-0.4, -0.2) is 49.0 Å². The van der Waals surface area contributed by atoms with Gasteiger partial charge in [-0.3, -0.25) is 4.79 Å². The van der Waals surface area contributed by atoms with E-state index < -0.39 is 5.82 Å². The van der Waals surface area contributed by atoms with Gasteiger partial charge in [0.25, 0.3) is 0 Å². The summed E-state index contributed by atoms with van der Waals surface area (Å²) in [4.78, 5) is 24.4. The highest BCUT2D eigenvalue weighted by Gasteiger charge is 2.29. The summed E-state index contributed by atoms with van der Waals surface area (Å²) in [5, 5.41) is 0. The Balaban J connectivity index is 1.35. The molecule has 2 heterocycles. The van der Waals surface area contributed by atoms with Crippen LogP contribution >= 0.6 is 0 Å². The third-order valence-corrected chi connectivity index (χ3v) is 5.91. The number of Topliss-reactive ketones (excluding diaryl/α,β-unsaturated/α-hetero) is 1. The number of hydrogen-bond acceptors (Lipinski definition) is 6. The topological polar surface area (TPSA) is 58.6 Å². The molecule has 1 aromatic heterocycles. The summed E-state index contributed by atoms with van der Waals surface area (Å²) in [7, 11) is 3.66. The Morgan fingerprint density at radius 3 is 2.67 bits per heavy atom. The molecule has 0 radical (unpaired) electrons. The van der Waals surface area contributed by atoms with Crippen LogP contribution in [0.3, 0.4) is 0 Å². The lowest BCUT2D eigenvalue weighted by Crippen LogP contribution is -2.27. The summed E-state index contributed by atoms with van der Waals surface area (Å²) in [6, 6.07) is 7.80. The van der Waals surface area contributed by atoms with Crippen LogP contribution < -0.4 is 14.5 Å². The van der Waals surface area contributed by atoms with Crippen molar-refractivity contribution in [2.45, 2.75) is 44.6 Å². The van der Waals surface area contributed by atoms with Gasteiger partial charge in [-0.05, 0) is 36.5 Å². The molecular formula is C23H29FN4O2. The number of ether oxygens (including phenoxy) is 1. The Hall–Kier alpha value is -2.70. The second-order valence-electron chi connectivity index (χ2n) is 8.62. The first-order valence-corrected chi connectivity index (χ1v) is 10.6. The van der Waals surface area contributed by atoms with Gasteiger partial charge in [0.05, 0.1) is 12.7 Å². The lowest BCUT2D eigenvalue weighted by molar-refractivity contribution is -0.120. The van der Waals surface area contributed by atoms with E-state index in [0.29, 0.717) is 43.0 Å². The zero-order valence-electron chi connectivity index (χ0n) is 17.8. The molecule has 2 aromatic rings. The molecule has 160 valence electrons. The van der Waals surface area contributed by atoms with Crippen molar-refractivity contribution in [3.05, 3.63) is 41.8 Å². The monoisotopic (exact) mass is 412 g/mol. The van der Waals surface area contributed by atoms with Gasteiger partial charge in [0, 0.05) is 39.4 Å². The second kappa shape index (κ2) is 8.58. The van der Waals surface area contributed by atoms with E-state index in [9.17, 15) is 9.18 Å². The number of rotatable bonds is 8. The molecular weight excluding hydrogens is 383 g/mol. The predicted octanol–water partition coefficient (Wildman–Crippen LogP) is 3.81. The largest absolute Gasteiger partial charge is 0.489 e. The number of anilines is 2. The van der Waals surface area contributed by atoms with Gasteiger partial charge in [-0.15, -0.1) is 0 Å². The molecule has 30 heavy (non-hydrogen) atoms. The lowest BCUT2D eigenvalue weighted by Gasteiger charge is -2.20. The fraction of sp³-hybridized carbons (Fsp3) is 0.522. The summed E-state index contributed by atoms with van der Waals surface area (Å²) in [5.41, 5.74) is 1.03. The number of carbonyl (C=O) groups is 1. The number of carbonyl (C=O) groups excluding carboxylic acids is 1. The van der Waals surface area contributed by atoms with Crippen LogP contribution in [0.25, 0.3) is 0 Å². The van der Waals surface area contributed by atoms with Gasteiger partial charge < -0.3 is 14.5 Å². The summed E-state index contributed by atoms with van der Waals surface area (Å²) in [6.45, 7) is 3.22. The molecule has 0 N–H and O–H groups in total. The Kier molecular flexibility index (Phi) is 5.88. The average Bonchev–Trinajstić information content (AvgIpc) is 3.43. The summed E-state index contributed by atoms with van der Waals surface area (Å²) < 4.78 is 20.4. The number of halogens is 1. The first-order chi connectivity index (χ1) is 14.4. The third-order valence-electron chi connectivity index (χ3n) is 5.91. The number of benzene rings is 1. The summed E-state index contributed by atoms with van der Waals surface area (Å²) in [5.74, 6) is 2.01. The van der Waals surface area contributed by atoms with Gasteiger partial charge in [-0.25, -0.2) is 9.37 Å². The normalized spacial score (nSPS) is 19.6. The van der Waals surface area contributed by atoms with E-state index in [-0.39, 0.29) is 12.0 Å². The van der Waals surface area contributed by atoms with E-state index in [4.69, 9.17) is 4.74 Å². The van der Waals surface area contributed by atoms with Crippen LogP contribution in [0.1, 0.15) is 44.1 Å². The predicted molar refractivity (Wildman–Crippen MR) is 115 cm³/mol. The van der Waals surface area contributed by atoms with Crippen molar-refractivity contribution < 1.29 is 13.9 Å². The zero-order chi connectivity index (χ0) is 21.3. The first kappa shape index (κ1) is 20.6. The number of nitrogens with zero attached hydrogens (tertiary/aromatic N) is 4. The molecule has 1 aromatic carbocycles. The highest BCUT2D eigenvalue weighted by Crippen LogP contribution is 2.35. The minimum atomic E-state index is -0.421. The average molecular weight is 413 g/mol. The lowest BCUT2D eigenvalue weighted by atomic mass is 9.93. The molecule has 1 saturated carbocycles. The molecule has 1 aliphatic carbocycles. The maximum Gasteiger partial charge on any atom is 0.226 e. The zero-order valence-corrected chi connectivity index (χ0v) is 17.8. The number of aromatic nitrogens is 2. The van der Waals surface area contributed by atoms with Crippen LogP contribution in [0.2, 0.25) is 0 Å². The van der Waals surface area contributed by atoms with Gasteiger partial charge in [0.2, 0.25) is 5.95 Å². The molecule has 2 aliphatic rings. The highest BCUT2D eigenvalue weighted by molar-refractivity contribution is 5.85. The van der Waals surface area contributed by atoms with E-state index in [2.05, 4.69) is 9.97 Å². The van der Waals surface area contributed by atoms with Crippen molar-refractivity contribution in [1.29, 1.82) is 0 Å². The van der Waals surface area contributed by atoms with Gasteiger partial charge in [0.1, 0.15) is 17.6 Å². The molecule has 1 aliphatic heterocycles. The molecule has 2 fully saturated rings. The van der Waals surface area contributed by atoms with Crippen molar-refractivity contribution in [2.24, 2.45) is 5.92 Å². The smallest absolute Gasteiger partial charge is 0.226 e. The Bertz CT molecular complexity index is 899. The summed E-state index contributed by atoms with van der Waals surface area (Å²) in [6.07, 6.45) is 5.06. The summed E-state index contributed by atoms with van der Waals surface area (Å²) >= 11 is 0. The van der Waals surface area contributed by atoms with E-state index in [1.165, 1.54) is 19.0 Å². The fourth-order valence-corrected chi connectivity index (χ4v) is 3.80. The van der Waals surface area contributed by atoms with E-state index in [0.717, 1.165) is 17.7 Å². The molecule has 1 unspecified atom stereocenters. The van der Waals surface area contributed by atoms with Crippen LogP contribution in [-0.2, 0) is 4.79 Å². The van der Waals surface area contributed by atoms with Gasteiger partial charge in [0.15, 0.2) is 11.6 Å². The van der Waals surface area contributed by atoms with Gasteiger partial charge in [-0.1, -0.05) is 19.1 Å². The minimum absolute atomic E-state index is 0.0399. The fourth-order valence-electron chi connectivity index (χ4n) is 3.80. The van der Waals surface area contributed by atoms with Crippen LogP contribution in [0.15, 0.2) is 30.5 Å². The number of hydrogen-bond donors (Lipinski definition) is 0. The van der Waals surface area contributed by atoms with Crippen molar-refractivity contribution in [2.75, 3.05) is 37.0 Å². The maximum absolute atomic E-state index is 14.3. The Labute approximate surface area is 177 Å². The van der Waals surface area contributed by atoms with E-state index in [1.807, 2.05) is 50.2 Å². The standard InChI is InChI=1S/C23H29FN4O2/c1-15(21(29)12-16-4-5-16)17-6-8-18(9-7-17)30-19-10-11-28(14-19)22-20(24)13-25-23(26-22)27(2)3/h6-9,13,15-16,19H,4-5,10-12,14H2,1-3H3/t15?,19-/m1/s1. The molecule has 7 heteroatoms. The molecule has 4 rings (SSSR count). The van der Waals surface area contributed by atoms with Crippen molar-refractivity contribution in [3.63, 3.8) is 0 Å². The first-order valence-electron chi connectivity index (χ1n) is 10.6. The Morgan fingerprint density at radius 2 is 2.00 bits per heavy atom. The van der Waals surface area contributed by atoms with Crippen molar-refractivity contribution in [3.8, 4) is 5.75 Å². The molecule has 6 nitrogen and oxygen atoms in total. The van der Waals surface area contributed by atoms with Gasteiger partial charge >= 0.3 is 0 Å². The van der Waals surface area contributed by atoms with Crippen LogP contribution in [0.5, 0.6) is 5.75 Å². The maximum atomic E-state index is 14.3. The van der Waals surface area contributed by atoms with E-state index in [1.54, 1.807) is 4.90 Å². The van der Waals surface area contributed by atoms with Crippen LogP contribution in [0, 0.1) is 11.7 Å². The molecule has 0 amide bonds. The van der Waals surface area contributed by atoms with Crippen LogP contribution in [0.4, 0.5) is 16.2 Å². The van der Waals surface area contributed by atoms with E-state index >= 15 is 0 Å². The molecule has 0 bridgehead atoms. The Morgan fingerprint density at radius 1 is 1.27 bits per heavy atom. The molecule has 1 saturated heterocycles. The molecule has 0 spiro atoms. The quantitative estimate of drug-likeness (QED) is 0.657. The second-order valence-corrected chi connectivity index (χ2v) is 8.62. The third kappa shape index (κ3) is 4.71.